The van der Waals surface area contributed by atoms with Crippen LogP contribution in [-0.2, 0) is 10.0 Å². The number of nitrogens with zero attached hydrogens (tertiary/aromatic N) is 1. The first-order valence-electron chi connectivity index (χ1n) is 6.75. The van der Waals surface area contributed by atoms with E-state index in [9.17, 15) is 8.42 Å². The highest BCUT2D eigenvalue weighted by molar-refractivity contribution is 7.91. The number of nitrogens with one attached hydrogen (secondary N) is 2. The molecule has 2 N–H and O–H groups in total. The average Bonchev–Trinajstić information content (AvgIpc) is 3.07. The molecular weight excluding hydrogens is 326 g/mol. The quantitative estimate of drug-likeness (QED) is 0.721. The summed E-state index contributed by atoms with van der Waals surface area (Å²) in [7, 11) is -3.42. The standard InChI is InChI=1S/C13H19N3O2S3/c1-3-6-14-7-8-15-21(17,18)13-5-4-12(20-13)11-9-19-10(2)16-11/h4-5,9,14-15H,3,6-8H2,1-2H3. The lowest BCUT2D eigenvalue weighted by Crippen LogP contribution is -2.31. The Kier molecular flexibility index (Phi) is 5.88. The van der Waals surface area contributed by atoms with Crippen molar-refractivity contribution in [1.29, 1.82) is 0 Å². The average molecular weight is 346 g/mol. The van der Waals surface area contributed by atoms with Crippen LogP contribution in [0.4, 0.5) is 0 Å². The highest BCUT2D eigenvalue weighted by Gasteiger charge is 2.17. The van der Waals surface area contributed by atoms with Gasteiger partial charge in [-0.15, -0.1) is 22.7 Å². The molecule has 2 aromatic rings. The molecule has 0 fully saturated rings. The van der Waals surface area contributed by atoms with Crippen molar-refractivity contribution in [2.75, 3.05) is 19.6 Å². The maximum absolute atomic E-state index is 12.2. The monoisotopic (exact) mass is 345 g/mol. The molecule has 0 amide bonds. The van der Waals surface area contributed by atoms with Crippen LogP contribution in [-0.4, -0.2) is 33.0 Å². The smallest absolute Gasteiger partial charge is 0.250 e. The number of hydrogen-bond donors (Lipinski definition) is 2. The van der Waals surface area contributed by atoms with E-state index in [-0.39, 0.29) is 0 Å². The molecule has 2 aromatic heterocycles. The van der Waals surface area contributed by atoms with Gasteiger partial charge in [0, 0.05) is 18.5 Å². The summed E-state index contributed by atoms with van der Waals surface area (Å²) < 4.78 is 27.3. The SMILES string of the molecule is CCCNCCNS(=O)(=O)c1ccc(-c2csc(C)n2)s1. The summed E-state index contributed by atoms with van der Waals surface area (Å²) in [5, 5.41) is 6.08. The van der Waals surface area contributed by atoms with Gasteiger partial charge in [0.2, 0.25) is 10.0 Å². The second-order valence-corrected chi connectivity index (χ2v) is 8.66. The van der Waals surface area contributed by atoms with Crippen LogP contribution in [0.1, 0.15) is 18.4 Å². The molecule has 0 saturated heterocycles. The molecule has 5 nitrogen and oxygen atoms in total. The van der Waals surface area contributed by atoms with Crippen LogP contribution < -0.4 is 10.0 Å². The van der Waals surface area contributed by atoms with Crippen molar-refractivity contribution in [1.82, 2.24) is 15.0 Å². The Morgan fingerprint density at radius 3 is 2.71 bits per heavy atom. The molecule has 2 heterocycles. The van der Waals surface area contributed by atoms with Crippen molar-refractivity contribution in [3.05, 3.63) is 22.5 Å². The van der Waals surface area contributed by atoms with Crippen LogP contribution in [0.5, 0.6) is 0 Å². The van der Waals surface area contributed by atoms with Gasteiger partial charge in [-0.3, -0.25) is 0 Å². The largest absolute Gasteiger partial charge is 0.315 e. The van der Waals surface area contributed by atoms with Crippen LogP contribution in [0.15, 0.2) is 21.7 Å². The van der Waals surface area contributed by atoms with Crippen LogP contribution >= 0.6 is 22.7 Å². The van der Waals surface area contributed by atoms with Crippen molar-refractivity contribution in [2.45, 2.75) is 24.5 Å². The summed E-state index contributed by atoms with van der Waals surface area (Å²) >= 11 is 2.81. The molecular formula is C13H19N3O2S3. The third kappa shape index (κ3) is 4.58. The Labute approximate surface area is 133 Å². The van der Waals surface area contributed by atoms with Gasteiger partial charge in [0.05, 0.1) is 15.6 Å². The highest BCUT2D eigenvalue weighted by Crippen LogP contribution is 2.31. The first-order chi connectivity index (χ1) is 10.0. The maximum Gasteiger partial charge on any atom is 0.250 e. The van der Waals surface area contributed by atoms with E-state index in [1.54, 1.807) is 17.4 Å². The van der Waals surface area contributed by atoms with E-state index >= 15 is 0 Å². The zero-order valence-electron chi connectivity index (χ0n) is 12.0. The molecule has 116 valence electrons. The molecule has 0 bridgehead atoms. The Morgan fingerprint density at radius 1 is 1.24 bits per heavy atom. The lowest BCUT2D eigenvalue weighted by molar-refractivity contribution is 0.577. The minimum Gasteiger partial charge on any atom is -0.315 e. The van der Waals surface area contributed by atoms with Crippen LogP contribution in [0, 0.1) is 6.92 Å². The first kappa shape index (κ1) is 16.6. The number of aryl methyl sites for hydroxylation is 1. The second kappa shape index (κ2) is 7.46. The van der Waals surface area contributed by atoms with Gasteiger partial charge in [-0.25, -0.2) is 18.1 Å². The second-order valence-electron chi connectivity index (χ2n) is 4.52. The maximum atomic E-state index is 12.2. The van der Waals surface area contributed by atoms with Gasteiger partial charge >= 0.3 is 0 Å². The number of hydrogen-bond acceptors (Lipinski definition) is 6. The number of thiazole rings is 1. The summed E-state index contributed by atoms with van der Waals surface area (Å²) in [4.78, 5) is 5.25. The Balaban J connectivity index is 1.99. The van der Waals surface area contributed by atoms with Gasteiger partial charge in [-0.2, -0.15) is 0 Å². The van der Waals surface area contributed by atoms with E-state index in [1.165, 1.54) is 11.3 Å². The van der Waals surface area contributed by atoms with Gasteiger partial charge in [-0.05, 0) is 32.0 Å². The van der Waals surface area contributed by atoms with E-state index in [0.29, 0.717) is 17.3 Å². The van der Waals surface area contributed by atoms with Gasteiger partial charge in [0.25, 0.3) is 0 Å². The zero-order valence-corrected chi connectivity index (χ0v) is 14.5. The molecule has 0 unspecified atom stereocenters. The summed E-state index contributed by atoms with van der Waals surface area (Å²) in [6.45, 7) is 5.94. The fourth-order valence-corrected chi connectivity index (χ4v) is 4.76. The molecule has 0 aliphatic carbocycles. The number of sulfonamides is 1. The van der Waals surface area contributed by atoms with Gasteiger partial charge < -0.3 is 5.32 Å². The molecule has 0 aromatic carbocycles. The predicted molar refractivity (Wildman–Crippen MR) is 88.5 cm³/mol. The Hall–Kier alpha value is -0.800. The van der Waals surface area contributed by atoms with Crippen LogP contribution in [0.3, 0.4) is 0 Å². The lowest BCUT2D eigenvalue weighted by Gasteiger charge is -2.05. The van der Waals surface area contributed by atoms with Gasteiger partial charge in [0.15, 0.2) is 0 Å². The zero-order chi connectivity index (χ0) is 15.3. The molecule has 8 heteroatoms. The number of thiophene rings is 1. The van der Waals surface area contributed by atoms with Crippen molar-refractivity contribution in [2.24, 2.45) is 0 Å². The topological polar surface area (TPSA) is 71.1 Å². The highest BCUT2D eigenvalue weighted by atomic mass is 32.2. The summed E-state index contributed by atoms with van der Waals surface area (Å²) in [5.74, 6) is 0. The molecule has 0 radical (unpaired) electrons. The minimum absolute atomic E-state index is 0.332. The van der Waals surface area contributed by atoms with Crippen LogP contribution in [0.25, 0.3) is 10.6 Å². The van der Waals surface area contributed by atoms with Crippen molar-refractivity contribution in [3.63, 3.8) is 0 Å². The molecule has 0 aliphatic rings. The van der Waals surface area contributed by atoms with E-state index in [2.05, 4.69) is 21.9 Å². The molecule has 2 rings (SSSR count). The summed E-state index contributed by atoms with van der Waals surface area (Å²) in [6, 6.07) is 3.44. The number of aromatic nitrogens is 1. The van der Waals surface area contributed by atoms with E-state index in [0.717, 1.165) is 28.5 Å². The fraction of sp³-hybridized carbons (Fsp3) is 0.462. The number of rotatable bonds is 8. The summed E-state index contributed by atoms with van der Waals surface area (Å²) in [5.41, 5.74) is 0.841. The molecule has 0 aliphatic heterocycles. The van der Waals surface area contributed by atoms with E-state index < -0.39 is 10.0 Å². The summed E-state index contributed by atoms with van der Waals surface area (Å²) in [6.07, 6.45) is 1.04. The predicted octanol–water partition coefficient (Wildman–Crippen LogP) is 2.46. The lowest BCUT2D eigenvalue weighted by atomic mass is 10.4. The fourth-order valence-electron chi connectivity index (χ4n) is 1.73. The molecule has 0 atom stereocenters. The van der Waals surface area contributed by atoms with Crippen molar-refractivity contribution < 1.29 is 8.42 Å². The normalized spacial score (nSPS) is 11.9. The van der Waals surface area contributed by atoms with Gasteiger partial charge in [0.1, 0.15) is 4.21 Å². The Morgan fingerprint density at radius 2 is 2.05 bits per heavy atom. The van der Waals surface area contributed by atoms with E-state index in [1.807, 2.05) is 18.4 Å². The third-order valence-electron chi connectivity index (χ3n) is 2.74. The first-order valence-corrected chi connectivity index (χ1v) is 9.93. The molecule has 0 spiro atoms. The van der Waals surface area contributed by atoms with Crippen LogP contribution in [0.2, 0.25) is 0 Å². The third-order valence-corrected chi connectivity index (χ3v) is 6.57. The van der Waals surface area contributed by atoms with Crippen molar-refractivity contribution >= 4 is 32.7 Å². The van der Waals surface area contributed by atoms with E-state index in [4.69, 9.17) is 0 Å². The Bertz CT molecular complexity index is 676. The molecule has 21 heavy (non-hydrogen) atoms. The van der Waals surface area contributed by atoms with Gasteiger partial charge in [-0.1, -0.05) is 6.92 Å². The minimum atomic E-state index is -3.42. The van der Waals surface area contributed by atoms with Crippen molar-refractivity contribution in [3.8, 4) is 10.6 Å². The molecule has 0 saturated carbocycles.